The maximum Gasteiger partial charge on any atom is 0.349 e. The average Bonchev–Trinajstić information content (AvgIpc) is 2.22. The highest BCUT2D eigenvalue weighted by atomic mass is 18.2. The Labute approximate surface area is 98.3 Å². The van der Waals surface area contributed by atoms with Crippen LogP contribution in [0.25, 0.3) is 0 Å². The van der Waals surface area contributed by atoms with Gasteiger partial charge in [-0.1, -0.05) is 0 Å². The maximum absolute atomic E-state index is 13.3. The van der Waals surface area contributed by atoms with Gasteiger partial charge in [-0.3, -0.25) is 0 Å². The number of hydrogen-bond acceptors (Lipinski definition) is 3. The zero-order valence-electron chi connectivity index (χ0n) is 9.92. The average molecular weight is 242 g/mol. The van der Waals surface area contributed by atoms with Gasteiger partial charge in [0.15, 0.2) is 17.2 Å². The van der Waals surface area contributed by atoms with Crippen molar-refractivity contribution in [3.8, 4) is 5.75 Å². The summed E-state index contributed by atoms with van der Waals surface area (Å²) in [5.41, 5.74) is -1.32. The van der Waals surface area contributed by atoms with Gasteiger partial charge in [0, 0.05) is 6.07 Å². The monoisotopic (exact) mass is 242 g/mol. The molecule has 0 N–H and O–H groups in total. The maximum atomic E-state index is 13.3. The van der Waals surface area contributed by atoms with E-state index in [1.807, 2.05) is 0 Å². The molecule has 94 valence electrons. The van der Waals surface area contributed by atoms with E-state index in [0.717, 1.165) is 12.1 Å². The van der Waals surface area contributed by atoms with Crippen LogP contribution in [0.5, 0.6) is 5.75 Å². The van der Waals surface area contributed by atoms with E-state index in [9.17, 15) is 13.6 Å². The molecule has 3 nitrogen and oxygen atoms in total. The number of esters is 1. The van der Waals surface area contributed by atoms with Crippen molar-refractivity contribution in [3.05, 3.63) is 29.8 Å². The molecule has 0 saturated carbocycles. The zero-order chi connectivity index (χ0) is 13.1. The highest BCUT2D eigenvalue weighted by Crippen LogP contribution is 2.23. The van der Waals surface area contributed by atoms with Gasteiger partial charge in [0.1, 0.15) is 5.82 Å². The summed E-state index contributed by atoms with van der Waals surface area (Å²) in [5.74, 6) is -2.36. The van der Waals surface area contributed by atoms with Crippen molar-refractivity contribution in [1.29, 1.82) is 0 Å². The molecule has 0 fully saturated rings. The second kappa shape index (κ2) is 5.12. The molecular formula is C12H14F2O3. The summed E-state index contributed by atoms with van der Waals surface area (Å²) in [6.45, 7) is 4.77. The Morgan fingerprint density at radius 3 is 2.53 bits per heavy atom. The van der Waals surface area contributed by atoms with Crippen molar-refractivity contribution >= 4 is 5.97 Å². The first-order chi connectivity index (χ1) is 7.86. The van der Waals surface area contributed by atoms with Crippen molar-refractivity contribution < 1.29 is 23.0 Å². The minimum absolute atomic E-state index is 0.190. The van der Waals surface area contributed by atoms with Crippen molar-refractivity contribution in [2.24, 2.45) is 0 Å². The van der Waals surface area contributed by atoms with Crippen LogP contribution in [-0.4, -0.2) is 18.2 Å². The number of benzene rings is 1. The van der Waals surface area contributed by atoms with Crippen LogP contribution in [0.1, 0.15) is 20.8 Å². The fourth-order valence-corrected chi connectivity index (χ4v) is 1.18. The fraction of sp³-hybridized carbons (Fsp3) is 0.417. The van der Waals surface area contributed by atoms with E-state index in [-0.39, 0.29) is 12.4 Å². The molecule has 0 aliphatic carbocycles. The number of rotatable bonds is 4. The molecule has 0 aliphatic rings. The van der Waals surface area contributed by atoms with Gasteiger partial charge in [-0.05, 0) is 32.9 Å². The Bertz CT molecular complexity index is 416. The van der Waals surface area contributed by atoms with Crippen LogP contribution < -0.4 is 4.74 Å². The quantitative estimate of drug-likeness (QED) is 0.761. The van der Waals surface area contributed by atoms with Gasteiger partial charge in [0.25, 0.3) is 0 Å². The van der Waals surface area contributed by atoms with Crippen LogP contribution >= 0.6 is 0 Å². The fourth-order valence-electron chi connectivity index (χ4n) is 1.18. The summed E-state index contributed by atoms with van der Waals surface area (Å²) < 4.78 is 36.0. The van der Waals surface area contributed by atoms with Gasteiger partial charge in [0.05, 0.1) is 6.61 Å². The summed E-state index contributed by atoms with van der Waals surface area (Å²) in [5, 5.41) is 0. The zero-order valence-corrected chi connectivity index (χ0v) is 9.92. The Hall–Kier alpha value is -1.65. The van der Waals surface area contributed by atoms with E-state index in [1.54, 1.807) is 6.92 Å². The predicted molar refractivity (Wildman–Crippen MR) is 57.7 cm³/mol. The Morgan fingerprint density at radius 2 is 2.00 bits per heavy atom. The third kappa shape index (κ3) is 3.41. The Morgan fingerprint density at radius 1 is 1.35 bits per heavy atom. The van der Waals surface area contributed by atoms with Crippen LogP contribution in [0, 0.1) is 11.6 Å². The molecule has 0 bridgehead atoms. The first kappa shape index (κ1) is 13.4. The largest absolute Gasteiger partial charge is 0.473 e. The van der Waals surface area contributed by atoms with E-state index in [4.69, 9.17) is 9.47 Å². The van der Waals surface area contributed by atoms with Crippen LogP contribution in [0.4, 0.5) is 8.78 Å². The van der Waals surface area contributed by atoms with Gasteiger partial charge >= 0.3 is 5.97 Å². The lowest BCUT2D eigenvalue weighted by Gasteiger charge is -2.24. The van der Waals surface area contributed by atoms with E-state index >= 15 is 0 Å². The van der Waals surface area contributed by atoms with Gasteiger partial charge in [-0.15, -0.1) is 0 Å². The normalized spacial score (nSPS) is 11.1. The molecular weight excluding hydrogens is 228 g/mol. The van der Waals surface area contributed by atoms with Crippen molar-refractivity contribution in [1.82, 2.24) is 0 Å². The number of carbonyl (C=O) groups excluding carboxylic acids is 1. The lowest BCUT2D eigenvalue weighted by molar-refractivity contribution is -0.158. The smallest absolute Gasteiger partial charge is 0.349 e. The molecule has 1 aromatic carbocycles. The van der Waals surface area contributed by atoms with E-state index in [2.05, 4.69) is 0 Å². The molecule has 1 rings (SSSR count). The minimum atomic E-state index is -1.32. The summed E-state index contributed by atoms with van der Waals surface area (Å²) in [6, 6.07) is 2.88. The van der Waals surface area contributed by atoms with Gasteiger partial charge in [-0.2, -0.15) is 0 Å². The summed E-state index contributed by atoms with van der Waals surface area (Å²) in [7, 11) is 0. The third-order valence-electron chi connectivity index (χ3n) is 2.03. The number of carbonyl (C=O) groups is 1. The molecule has 5 heteroatoms. The summed E-state index contributed by atoms with van der Waals surface area (Å²) in [6.07, 6.45) is 0. The second-order valence-corrected chi connectivity index (χ2v) is 3.91. The third-order valence-corrected chi connectivity index (χ3v) is 2.03. The molecule has 0 atom stereocenters. The van der Waals surface area contributed by atoms with Crippen LogP contribution in [-0.2, 0) is 9.53 Å². The highest BCUT2D eigenvalue weighted by molar-refractivity contribution is 5.79. The highest BCUT2D eigenvalue weighted by Gasteiger charge is 2.32. The predicted octanol–water partition coefficient (Wildman–Crippen LogP) is 2.69. The number of halogens is 2. The molecule has 0 amide bonds. The Kier molecular flexibility index (Phi) is 4.04. The molecule has 1 aromatic rings. The summed E-state index contributed by atoms with van der Waals surface area (Å²) in [4.78, 5) is 11.5. The van der Waals surface area contributed by atoms with Gasteiger partial charge in [0.2, 0.25) is 0 Å². The lowest BCUT2D eigenvalue weighted by atomic mass is 10.1. The molecule has 0 saturated heterocycles. The molecule has 17 heavy (non-hydrogen) atoms. The number of ether oxygens (including phenoxy) is 2. The van der Waals surface area contributed by atoms with Gasteiger partial charge in [-0.25, -0.2) is 13.6 Å². The van der Waals surface area contributed by atoms with E-state index in [1.165, 1.54) is 13.8 Å². The second-order valence-electron chi connectivity index (χ2n) is 3.91. The van der Waals surface area contributed by atoms with Gasteiger partial charge < -0.3 is 9.47 Å². The number of hydrogen-bond donors (Lipinski definition) is 0. The molecule has 0 aromatic heterocycles. The molecule has 0 radical (unpaired) electrons. The first-order valence-electron chi connectivity index (χ1n) is 5.18. The first-order valence-corrected chi connectivity index (χ1v) is 5.18. The molecule has 0 unspecified atom stereocenters. The topological polar surface area (TPSA) is 35.5 Å². The van der Waals surface area contributed by atoms with Crippen molar-refractivity contribution in [3.63, 3.8) is 0 Å². The standard InChI is InChI=1S/C12H14F2O3/c1-4-16-11(15)12(2,3)17-10-6-5-8(13)7-9(10)14/h5-7H,4H2,1-3H3/i13-1,14-1. The molecule has 0 aliphatic heterocycles. The Balaban J connectivity index is 2.86. The summed E-state index contributed by atoms with van der Waals surface area (Å²) >= 11 is 0. The van der Waals surface area contributed by atoms with Crippen molar-refractivity contribution in [2.75, 3.05) is 6.61 Å². The van der Waals surface area contributed by atoms with Crippen LogP contribution in [0.2, 0.25) is 0 Å². The minimum Gasteiger partial charge on any atom is -0.473 e. The van der Waals surface area contributed by atoms with Crippen LogP contribution in [0.15, 0.2) is 18.2 Å². The van der Waals surface area contributed by atoms with Crippen LogP contribution in [0.3, 0.4) is 0 Å². The molecule has 0 spiro atoms. The SMILES string of the molecule is CCOC(=O)C(C)(C)Oc1ccc([18F])cc1[18F]. The van der Waals surface area contributed by atoms with E-state index in [0.29, 0.717) is 6.07 Å². The van der Waals surface area contributed by atoms with E-state index < -0.39 is 23.2 Å². The lowest BCUT2D eigenvalue weighted by Crippen LogP contribution is -2.40. The van der Waals surface area contributed by atoms with Crippen molar-refractivity contribution in [2.45, 2.75) is 26.4 Å². The molecule has 0 heterocycles.